The van der Waals surface area contributed by atoms with Crippen molar-refractivity contribution in [2.75, 3.05) is 5.32 Å². The molecule has 1 N–H and O–H groups in total. The maximum Gasteiger partial charge on any atom is 0.228 e. The summed E-state index contributed by atoms with van der Waals surface area (Å²) in [5.41, 5.74) is 5.37. The maximum atomic E-state index is 12.1. The predicted molar refractivity (Wildman–Crippen MR) is 103 cm³/mol. The summed E-state index contributed by atoms with van der Waals surface area (Å²) >= 11 is 0. The molecule has 128 valence electrons. The molecule has 1 aromatic heterocycles. The van der Waals surface area contributed by atoms with E-state index in [0.29, 0.717) is 12.3 Å². The van der Waals surface area contributed by atoms with Crippen LogP contribution in [0.15, 0.2) is 77.2 Å². The molecule has 0 aliphatic rings. The number of hydrogen-bond acceptors (Lipinski definition) is 3. The standard InChI is InChI=1S/C22H18N2O2/c1-15-7-12-19-20(13-15)26-22(24-19)17-8-10-18(11-9-17)23-21(25)14-16-5-3-2-4-6-16/h2-13H,14H2,1H3,(H,23,25). The number of amides is 1. The molecule has 4 aromatic rings. The Morgan fingerprint density at radius 1 is 1.00 bits per heavy atom. The summed E-state index contributed by atoms with van der Waals surface area (Å²) in [6, 6.07) is 23.1. The molecule has 0 saturated heterocycles. The molecule has 0 fully saturated rings. The number of rotatable bonds is 4. The first-order chi connectivity index (χ1) is 12.7. The first kappa shape index (κ1) is 16.1. The Labute approximate surface area is 151 Å². The summed E-state index contributed by atoms with van der Waals surface area (Å²) in [6.45, 7) is 2.02. The summed E-state index contributed by atoms with van der Waals surface area (Å²) < 4.78 is 5.84. The van der Waals surface area contributed by atoms with E-state index in [1.165, 1.54) is 0 Å². The van der Waals surface area contributed by atoms with Gasteiger partial charge in [-0.15, -0.1) is 0 Å². The van der Waals surface area contributed by atoms with Gasteiger partial charge in [-0.3, -0.25) is 4.79 Å². The van der Waals surface area contributed by atoms with Crippen LogP contribution in [0.25, 0.3) is 22.6 Å². The van der Waals surface area contributed by atoms with Crippen LogP contribution in [-0.2, 0) is 11.2 Å². The van der Waals surface area contributed by atoms with E-state index in [0.717, 1.165) is 33.5 Å². The van der Waals surface area contributed by atoms with Crippen molar-refractivity contribution in [3.8, 4) is 11.5 Å². The number of anilines is 1. The van der Waals surface area contributed by atoms with Crippen LogP contribution in [0, 0.1) is 6.92 Å². The Morgan fingerprint density at radius 2 is 1.77 bits per heavy atom. The van der Waals surface area contributed by atoms with Gasteiger partial charge >= 0.3 is 0 Å². The Balaban J connectivity index is 1.48. The molecule has 3 aromatic carbocycles. The van der Waals surface area contributed by atoms with Gasteiger partial charge in [0, 0.05) is 11.3 Å². The predicted octanol–water partition coefficient (Wildman–Crippen LogP) is 4.98. The highest BCUT2D eigenvalue weighted by Gasteiger charge is 2.09. The van der Waals surface area contributed by atoms with Crippen molar-refractivity contribution < 1.29 is 9.21 Å². The fraction of sp³-hybridized carbons (Fsp3) is 0.0909. The number of benzene rings is 3. The van der Waals surface area contributed by atoms with Crippen molar-refractivity contribution in [3.05, 3.63) is 83.9 Å². The van der Waals surface area contributed by atoms with Gasteiger partial charge in [-0.1, -0.05) is 36.4 Å². The van der Waals surface area contributed by atoms with E-state index in [1.54, 1.807) is 0 Å². The minimum absolute atomic E-state index is 0.0405. The van der Waals surface area contributed by atoms with Gasteiger partial charge in [0.1, 0.15) is 5.52 Å². The van der Waals surface area contributed by atoms with Crippen LogP contribution in [0.5, 0.6) is 0 Å². The van der Waals surface area contributed by atoms with E-state index >= 15 is 0 Å². The summed E-state index contributed by atoms with van der Waals surface area (Å²) in [5.74, 6) is 0.536. The normalized spacial score (nSPS) is 10.8. The number of aryl methyl sites for hydroxylation is 1. The van der Waals surface area contributed by atoms with Crippen molar-refractivity contribution in [3.63, 3.8) is 0 Å². The average molecular weight is 342 g/mol. The molecule has 0 saturated carbocycles. The van der Waals surface area contributed by atoms with Crippen molar-refractivity contribution in [1.82, 2.24) is 4.98 Å². The highest BCUT2D eigenvalue weighted by molar-refractivity contribution is 5.92. The van der Waals surface area contributed by atoms with Crippen molar-refractivity contribution in [2.45, 2.75) is 13.3 Å². The first-order valence-corrected chi connectivity index (χ1v) is 8.49. The number of fused-ring (bicyclic) bond motifs is 1. The van der Waals surface area contributed by atoms with Crippen LogP contribution in [0.2, 0.25) is 0 Å². The first-order valence-electron chi connectivity index (χ1n) is 8.49. The van der Waals surface area contributed by atoms with Gasteiger partial charge in [0.25, 0.3) is 0 Å². The third-order valence-electron chi connectivity index (χ3n) is 4.17. The molecule has 0 atom stereocenters. The molecular formula is C22H18N2O2. The van der Waals surface area contributed by atoms with Crippen LogP contribution >= 0.6 is 0 Å². The van der Waals surface area contributed by atoms with E-state index in [9.17, 15) is 4.79 Å². The second kappa shape index (κ2) is 6.84. The van der Waals surface area contributed by atoms with Gasteiger partial charge in [-0.05, 0) is 54.4 Å². The quantitative estimate of drug-likeness (QED) is 0.569. The van der Waals surface area contributed by atoms with E-state index in [-0.39, 0.29) is 5.91 Å². The van der Waals surface area contributed by atoms with Gasteiger partial charge in [-0.25, -0.2) is 4.98 Å². The van der Waals surface area contributed by atoms with E-state index in [2.05, 4.69) is 10.3 Å². The summed E-state index contributed by atoms with van der Waals surface area (Å²) in [5, 5.41) is 2.91. The second-order valence-electron chi connectivity index (χ2n) is 6.28. The lowest BCUT2D eigenvalue weighted by atomic mass is 10.1. The minimum Gasteiger partial charge on any atom is -0.436 e. The number of carbonyl (C=O) groups excluding carboxylic acids is 1. The molecule has 1 heterocycles. The smallest absolute Gasteiger partial charge is 0.228 e. The number of carbonyl (C=O) groups is 1. The molecule has 0 unspecified atom stereocenters. The van der Waals surface area contributed by atoms with Crippen molar-refractivity contribution >= 4 is 22.7 Å². The van der Waals surface area contributed by atoms with Gasteiger partial charge in [0.2, 0.25) is 11.8 Å². The van der Waals surface area contributed by atoms with Crippen LogP contribution in [-0.4, -0.2) is 10.9 Å². The molecule has 26 heavy (non-hydrogen) atoms. The lowest BCUT2D eigenvalue weighted by Gasteiger charge is -2.06. The second-order valence-corrected chi connectivity index (χ2v) is 6.28. The lowest BCUT2D eigenvalue weighted by molar-refractivity contribution is -0.115. The number of oxazole rings is 1. The summed E-state index contributed by atoms with van der Waals surface area (Å²) in [7, 11) is 0. The Kier molecular flexibility index (Phi) is 4.23. The van der Waals surface area contributed by atoms with E-state index in [4.69, 9.17) is 4.42 Å². The summed E-state index contributed by atoms with van der Waals surface area (Å²) in [6.07, 6.45) is 0.354. The highest BCUT2D eigenvalue weighted by Crippen LogP contribution is 2.26. The van der Waals surface area contributed by atoms with Crippen molar-refractivity contribution in [1.29, 1.82) is 0 Å². The minimum atomic E-state index is -0.0405. The average Bonchev–Trinajstić information content (AvgIpc) is 3.06. The highest BCUT2D eigenvalue weighted by atomic mass is 16.3. The third kappa shape index (κ3) is 3.49. The van der Waals surface area contributed by atoms with E-state index < -0.39 is 0 Å². The zero-order valence-electron chi connectivity index (χ0n) is 14.4. The molecule has 0 radical (unpaired) electrons. The van der Waals surface area contributed by atoms with Crippen LogP contribution in [0.3, 0.4) is 0 Å². The summed E-state index contributed by atoms with van der Waals surface area (Å²) in [4.78, 5) is 16.7. The Hall–Kier alpha value is -3.40. The van der Waals surface area contributed by atoms with Crippen LogP contribution in [0.1, 0.15) is 11.1 Å². The van der Waals surface area contributed by atoms with Crippen LogP contribution < -0.4 is 5.32 Å². The number of nitrogens with one attached hydrogen (secondary N) is 1. The number of nitrogens with zero attached hydrogens (tertiary/aromatic N) is 1. The molecule has 0 bridgehead atoms. The monoisotopic (exact) mass is 342 g/mol. The van der Waals surface area contributed by atoms with E-state index in [1.807, 2.05) is 79.7 Å². The fourth-order valence-electron chi connectivity index (χ4n) is 2.84. The molecule has 0 aliphatic carbocycles. The molecule has 1 amide bonds. The Bertz CT molecular complexity index is 1050. The largest absolute Gasteiger partial charge is 0.436 e. The fourth-order valence-corrected chi connectivity index (χ4v) is 2.84. The molecule has 0 spiro atoms. The molecule has 0 aliphatic heterocycles. The molecule has 4 heteroatoms. The topological polar surface area (TPSA) is 55.1 Å². The van der Waals surface area contributed by atoms with Crippen molar-refractivity contribution in [2.24, 2.45) is 0 Å². The zero-order valence-corrected chi connectivity index (χ0v) is 14.4. The SMILES string of the molecule is Cc1ccc2nc(-c3ccc(NC(=O)Cc4ccccc4)cc3)oc2c1. The van der Waals surface area contributed by atoms with Gasteiger partial charge < -0.3 is 9.73 Å². The third-order valence-corrected chi connectivity index (χ3v) is 4.17. The number of hydrogen-bond donors (Lipinski definition) is 1. The van der Waals surface area contributed by atoms with Gasteiger partial charge in [-0.2, -0.15) is 0 Å². The molecule has 4 nitrogen and oxygen atoms in total. The maximum absolute atomic E-state index is 12.1. The molecule has 4 rings (SSSR count). The number of aromatic nitrogens is 1. The lowest BCUT2D eigenvalue weighted by Crippen LogP contribution is -2.14. The van der Waals surface area contributed by atoms with Gasteiger partial charge in [0.15, 0.2) is 5.58 Å². The molecular weight excluding hydrogens is 324 g/mol. The Morgan fingerprint density at radius 3 is 2.54 bits per heavy atom. The van der Waals surface area contributed by atoms with Gasteiger partial charge in [0.05, 0.1) is 6.42 Å². The van der Waals surface area contributed by atoms with Crippen LogP contribution in [0.4, 0.5) is 5.69 Å². The zero-order chi connectivity index (χ0) is 17.9.